The topological polar surface area (TPSA) is 90.4 Å². The Bertz CT molecular complexity index is 1150. The van der Waals surface area contributed by atoms with Crippen molar-refractivity contribution in [1.82, 2.24) is 9.80 Å². The van der Waals surface area contributed by atoms with Gasteiger partial charge in [-0.25, -0.2) is 0 Å². The van der Waals surface area contributed by atoms with E-state index in [9.17, 15) is 19.5 Å². The number of para-hydroxylation sites is 1. The second kappa shape index (κ2) is 12.2. The number of amides is 3. The molecule has 1 spiro atoms. The molecule has 3 saturated heterocycles. The summed E-state index contributed by atoms with van der Waals surface area (Å²) in [7, 11) is 0. The number of hydrogen-bond donors (Lipinski definition) is 1. The molecule has 0 radical (unpaired) electrons. The number of rotatable bonds is 12. The standard InChI is InChI=1S/C31H42BrN3O5/c1-7-14-33(15-8-2)28(37)23-24-29(38)35(21(10-4)18-36)27(31(24)17-22(32)26(23)40-31)30(39)34(16-9-3)25-19(5)12-11-13-20(25)6/h7,9,11-13,21-24,26-27,36H,1,3,8,10,14-18H2,2,4-6H3/t21-,22?,23-,24-,26-,27?,31?/m0/s1. The fourth-order valence-electron chi connectivity index (χ4n) is 7.16. The lowest BCUT2D eigenvalue weighted by Crippen LogP contribution is -2.59. The van der Waals surface area contributed by atoms with Gasteiger partial charge in [-0.2, -0.15) is 0 Å². The number of aliphatic hydroxyl groups is 1. The zero-order chi connectivity index (χ0) is 29.4. The number of nitrogens with zero attached hydrogens (tertiary/aromatic N) is 3. The lowest BCUT2D eigenvalue weighted by molar-refractivity contribution is -0.147. The summed E-state index contributed by atoms with van der Waals surface area (Å²) in [6.45, 7) is 16.4. The number of carbonyl (C=O) groups excluding carboxylic acids is 3. The average molecular weight is 617 g/mol. The van der Waals surface area contributed by atoms with Crippen molar-refractivity contribution < 1.29 is 24.2 Å². The first kappa shape index (κ1) is 30.5. The van der Waals surface area contributed by atoms with Gasteiger partial charge in [-0.3, -0.25) is 14.4 Å². The molecule has 4 rings (SSSR count). The van der Waals surface area contributed by atoms with E-state index in [1.807, 2.05) is 45.9 Å². The van der Waals surface area contributed by atoms with Crippen LogP contribution in [0, 0.1) is 25.7 Å². The predicted molar refractivity (Wildman–Crippen MR) is 159 cm³/mol. The highest BCUT2D eigenvalue weighted by molar-refractivity contribution is 9.09. The summed E-state index contributed by atoms with van der Waals surface area (Å²) in [5.74, 6) is -2.29. The Morgan fingerprint density at radius 1 is 1.20 bits per heavy atom. The van der Waals surface area contributed by atoms with Crippen molar-refractivity contribution in [1.29, 1.82) is 0 Å². The molecule has 218 valence electrons. The number of halogens is 1. The molecule has 3 aliphatic rings. The van der Waals surface area contributed by atoms with Crippen LogP contribution in [0.4, 0.5) is 5.69 Å². The molecule has 3 unspecified atom stereocenters. The highest BCUT2D eigenvalue weighted by atomic mass is 79.9. The Labute approximate surface area is 246 Å². The molecule has 0 saturated carbocycles. The third-order valence-corrected chi connectivity index (χ3v) is 9.61. The van der Waals surface area contributed by atoms with Crippen LogP contribution in [0.25, 0.3) is 0 Å². The first-order valence-corrected chi connectivity index (χ1v) is 15.2. The summed E-state index contributed by atoms with van der Waals surface area (Å²) in [4.78, 5) is 48.0. The molecule has 1 aromatic rings. The molecule has 9 heteroatoms. The lowest BCUT2D eigenvalue weighted by Gasteiger charge is -2.39. The highest BCUT2D eigenvalue weighted by Crippen LogP contribution is 2.61. The second-order valence-corrected chi connectivity index (χ2v) is 12.4. The number of ether oxygens (including phenoxy) is 1. The lowest BCUT2D eigenvalue weighted by atomic mass is 9.70. The molecule has 3 fully saturated rings. The molecule has 3 aliphatic heterocycles. The number of benzene rings is 1. The first-order chi connectivity index (χ1) is 19.1. The van der Waals surface area contributed by atoms with E-state index < -0.39 is 35.6 Å². The van der Waals surface area contributed by atoms with Crippen LogP contribution < -0.4 is 4.90 Å². The maximum atomic E-state index is 14.8. The molecule has 8 nitrogen and oxygen atoms in total. The summed E-state index contributed by atoms with van der Waals surface area (Å²) < 4.78 is 6.70. The SMILES string of the molecule is C=CCN(CCC)C(=O)[C@H]1[C@H]2C(=O)N([C@@H](CC)CO)C(C(=O)N(CC=C)c3c(C)cccc3C)C23CC(Br)[C@@H]1O3. The van der Waals surface area contributed by atoms with Crippen molar-refractivity contribution in [2.24, 2.45) is 11.8 Å². The first-order valence-electron chi connectivity index (χ1n) is 14.3. The fraction of sp³-hybridized carbons (Fsp3) is 0.581. The minimum absolute atomic E-state index is 0.154. The zero-order valence-electron chi connectivity index (χ0n) is 24.0. The van der Waals surface area contributed by atoms with E-state index >= 15 is 0 Å². The largest absolute Gasteiger partial charge is 0.394 e. The van der Waals surface area contributed by atoms with Gasteiger partial charge in [0.1, 0.15) is 11.6 Å². The molecule has 40 heavy (non-hydrogen) atoms. The molecule has 7 atom stereocenters. The Kier molecular flexibility index (Phi) is 9.27. The number of hydrogen-bond acceptors (Lipinski definition) is 5. The van der Waals surface area contributed by atoms with Crippen LogP contribution in [-0.2, 0) is 19.1 Å². The fourth-order valence-corrected chi connectivity index (χ4v) is 8.11. The maximum Gasteiger partial charge on any atom is 0.253 e. The molecule has 0 aliphatic carbocycles. The normalized spacial score (nSPS) is 29.3. The summed E-state index contributed by atoms with van der Waals surface area (Å²) in [5.41, 5.74) is 1.43. The maximum absolute atomic E-state index is 14.8. The Morgan fingerprint density at radius 3 is 2.40 bits per heavy atom. The number of carbonyl (C=O) groups is 3. The van der Waals surface area contributed by atoms with Gasteiger partial charge < -0.3 is 24.5 Å². The van der Waals surface area contributed by atoms with Gasteiger partial charge in [0.2, 0.25) is 11.8 Å². The molecule has 0 aromatic heterocycles. The van der Waals surface area contributed by atoms with Crippen LogP contribution in [0.3, 0.4) is 0 Å². The van der Waals surface area contributed by atoms with Crippen molar-refractivity contribution in [3.8, 4) is 0 Å². The minimum Gasteiger partial charge on any atom is -0.394 e. The van der Waals surface area contributed by atoms with Crippen LogP contribution in [0.5, 0.6) is 0 Å². The zero-order valence-corrected chi connectivity index (χ0v) is 25.6. The van der Waals surface area contributed by atoms with E-state index in [1.165, 1.54) is 4.90 Å². The van der Waals surface area contributed by atoms with Gasteiger partial charge in [-0.1, -0.05) is 60.1 Å². The van der Waals surface area contributed by atoms with Gasteiger partial charge in [0, 0.05) is 30.1 Å². The van der Waals surface area contributed by atoms with E-state index in [2.05, 4.69) is 29.1 Å². The molecule has 2 bridgehead atoms. The average Bonchev–Trinajstić information content (AvgIpc) is 3.51. The molecule has 1 aromatic carbocycles. The van der Waals surface area contributed by atoms with E-state index in [0.717, 1.165) is 23.2 Å². The third kappa shape index (κ3) is 4.73. The van der Waals surface area contributed by atoms with Crippen LogP contribution in [-0.4, -0.2) is 87.5 Å². The van der Waals surface area contributed by atoms with Gasteiger partial charge in [0.25, 0.3) is 5.91 Å². The van der Waals surface area contributed by atoms with Crippen molar-refractivity contribution in [2.75, 3.05) is 31.1 Å². The van der Waals surface area contributed by atoms with E-state index in [1.54, 1.807) is 22.0 Å². The van der Waals surface area contributed by atoms with Gasteiger partial charge >= 0.3 is 0 Å². The Hall–Kier alpha value is -2.49. The number of anilines is 1. The number of aryl methyl sites for hydroxylation is 2. The van der Waals surface area contributed by atoms with Crippen LogP contribution in [0.1, 0.15) is 44.2 Å². The minimum atomic E-state index is -1.20. The van der Waals surface area contributed by atoms with Crippen molar-refractivity contribution in [2.45, 2.75) is 75.6 Å². The number of alkyl halides is 1. The summed E-state index contributed by atoms with van der Waals surface area (Å²) in [6.07, 6.45) is 4.46. The Morgan fingerprint density at radius 2 is 1.85 bits per heavy atom. The highest BCUT2D eigenvalue weighted by Gasteiger charge is 2.77. The smallest absolute Gasteiger partial charge is 0.253 e. The summed E-state index contributed by atoms with van der Waals surface area (Å²) in [6, 6.07) is 4.27. The van der Waals surface area contributed by atoms with Crippen molar-refractivity contribution in [3.63, 3.8) is 0 Å². The van der Waals surface area contributed by atoms with Crippen LogP contribution >= 0.6 is 15.9 Å². The predicted octanol–water partition coefficient (Wildman–Crippen LogP) is 3.77. The van der Waals surface area contributed by atoms with E-state index in [4.69, 9.17) is 4.74 Å². The second-order valence-electron chi connectivity index (χ2n) is 11.2. The van der Waals surface area contributed by atoms with Crippen molar-refractivity contribution in [3.05, 3.63) is 54.6 Å². The van der Waals surface area contributed by atoms with E-state index in [0.29, 0.717) is 25.9 Å². The van der Waals surface area contributed by atoms with Crippen LogP contribution in [0.2, 0.25) is 0 Å². The van der Waals surface area contributed by atoms with E-state index in [-0.39, 0.29) is 35.7 Å². The number of likely N-dealkylation sites (tertiary alicyclic amines) is 1. The van der Waals surface area contributed by atoms with Crippen LogP contribution in [0.15, 0.2) is 43.5 Å². The molecule has 3 heterocycles. The van der Waals surface area contributed by atoms with Crippen molar-refractivity contribution >= 4 is 39.3 Å². The molecular formula is C31H42BrN3O5. The monoisotopic (exact) mass is 615 g/mol. The van der Waals surface area contributed by atoms with Gasteiger partial charge in [-0.05, 0) is 44.2 Å². The Balaban J connectivity index is 1.86. The quantitative estimate of drug-likeness (QED) is 0.286. The number of aliphatic hydroxyl groups excluding tert-OH is 1. The molecule has 1 N–H and O–H groups in total. The molecule has 3 amide bonds. The molecular weight excluding hydrogens is 574 g/mol. The number of fused-ring (bicyclic) bond motifs is 1. The summed E-state index contributed by atoms with van der Waals surface area (Å²) >= 11 is 3.75. The summed E-state index contributed by atoms with van der Waals surface area (Å²) in [5, 5.41) is 10.4. The van der Waals surface area contributed by atoms with Gasteiger partial charge in [0.15, 0.2) is 0 Å². The van der Waals surface area contributed by atoms with Gasteiger partial charge in [-0.15, -0.1) is 13.2 Å². The third-order valence-electron chi connectivity index (χ3n) is 8.76. The van der Waals surface area contributed by atoms with Gasteiger partial charge in [0.05, 0.1) is 30.6 Å².